The second-order valence-electron chi connectivity index (χ2n) is 4.68. The predicted octanol–water partition coefficient (Wildman–Crippen LogP) is 2.92. The summed E-state index contributed by atoms with van der Waals surface area (Å²) in [7, 11) is 0. The van der Waals surface area contributed by atoms with E-state index in [0.29, 0.717) is 11.5 Å². The predicted molar refractivity (Wildman–Crippen MR) is 59.6 cm³/mol. The molecule has 0 bridgehead atoms. The molecule has 0 spiro atoms. The third-order valence-corrected chi connectivity index (χ3v) is 3.76. The Morgan fingerprint density at radius 3 is 3.00 bits per heavy atom. The maximum absolute atomic E-state index is 4.17. The summed E-state index contributed by atoms with van der Waals surface area (Å²) in [5.74, 6) is 0. The van der Waals surface area contributed by atoms with E-state index >= 15 is 0 Å². The molecule has 1 atom stereocenters. The molecule has 14 heavy (non-hydrogen) atoms. The normalized spacial score (nSPS) is 26.0. The van der Waals surface area contributed by atoms with E-state index in [9.17, 15) is 0 Å². The van der Waals surface area contributed by atoms with E-state index in [2.05, 4.69) is 28.5 Å². The van der Waals surface area contributed by atoms with Gasteiger partial charge >= 0.3 is 0 Å². The average molecular weight is 211 g/mol. The highest BCUT2D eigenvalue weighted by Gasteiger charge is 2.32. The van der Waals surface area contributed by atoms with Gasteiger partial charge in [-0.25, -0.2) is 4.98 Å². The summed E-state index contributed by atoms with van der Waals surface area (Å²) < 4.78 is 4.00. The minimum Gasteiger partial charge on any atom is -0.357 e. The molecule has 0 aliphatic heterocycles. The van der Waals surface area contributed by atoms with Gasteiger partial charge in [-0.1, -0.05) is 26.7 Å². The number of anilines is 1. The van der Waals surface area contributed by atoms with Crippen LogP contribution in [0, 0.1) is 5.41 Å². The summed E-state index contributed by atoms with van der Waals surface area (Å²) in [6, 6.07) is 0.559. The van der Waals surface area contributed by atoms with E-state index in [4.69, 9.17) is 0 Å². The fourth-order valence-corrected chi connectivity index (χ4v) is 2.63. The molecule has 2 rings (SSSR count). The molecular weight excluding hydrogens is 194 g/mol. The van der Waals surface area contributed by atoms with E-state index in [-0.39, 0.29) is 0 Å². The van der Waals surface area contributed by atoms with E-state index in [1.54, 1.807) is 6.33 Å². The summed E-state index contributed by atoms with van der Waals surface area (Å²) >= 11 is 1.45. The van der Waals surface area contributed by atoms with Gasteiger partial charge in [-0.3, -0.25) is 0 Å². The average Bonchev–Trinajstić information content (AvgIpc) is 2.61. The molecular formula is C10H17N3S. The Kier molecular flexibility index (Phi) is 2.72. The zero-order valence-electron chi connectivity index (χ0n) is 8.79. The Labute approximate surface area is 89.1 Å². The fourth-order valence-electron chi connectivity index (χ4n) is 2.15. The van der Waals surface area contributed by atoms with E-state index in [0.717, 1.165) is 5.13 Å². The Balaban J connectivity index is 2.02. The SMILES string of the molecule is CC1(C)CCCCC1Nc1ncns1. The van der Waals surface area contributed by atoms with E-state index < -0.39 is 0 Å². The zero-order valence-corrected chi connectivity index (χ0v) is 9.60. The molecule has 78 valence electrons. The molecule has 1 aromatic heterocycles. The summed E-state index contributed by atoms with van der Waals surface area (Å²) in [5.41, 5.74) is 0.393. The molecule has 1 aromatic rings. The van der Waals surface area contributed by atoms with Gasteiger partial charge in [0.15, 0.2) is 0 Å². The highest BCUT2D eigenvalue weighted by molar-refractivity contribution is 7.09. The van der Waals surface area contributed by atoms with Crippen molar-refractivity contribution in [3.8, 4) is 0 Å². The minimum atomic E-state index is 0.393. The number of hydrogen-bond acceptors (Lipinski definition) is 4. The topological polar surface area (TPSA) is 37.8 Å². The fraction of sp³-hybridized carbons (Fsp3) is 0.800. The third-order valence-electron chi connectivity index (χ3n) is 3.17. The van der Waals surface area contributed by atoms with Crippen molar-refractivity contribution in [1.82, 2.24) is 9.36 Å². The molecule has 1 aliphatic rings. The molecule has 0 radical (unpaired) electrons. The third kappa shape index (κ3) is 2.05. The first-order valence-corrected chi connectivity index (χ1v) is 5.99. The minimum absolute atomic E-state index is 0.393. The second-order valence-corrected chi connectivity index (χ2v) is 5.46. The Bertz CT molecular complexity index is 282. The lowest BCUT2D eigenvalue weighted by Crippen LogP contribution is -2.38. The van der Waals surface area contributed by atoms with Crippen LogP contribution in [0.15, 0.2) is 6.33 Å². The van der Waals surface area contributed by atoms with Crippen LogP contribution in [0.25, 0.3) is 0 Å². The van der Waals surface area contributed by atoms with Crippen molar-refractivity contribution >= 4 is 16.7 Å². The lowest BCUT2D eigenvalue weighted by Gasteiger charge is -2.38. The first-order chi connectivity index (χ1) is 6.68. The molecule has 0 amide bonds. The van der Waals surface area contributed by atoms with Gasteiger partial charge in [0.05, 0.1) is 0 Å². The van der Waals surface area contributed by atoms with Gasteiger partial charge in [-0.05, 0) is 18.3 Å². The molecule has 4 heteroatoms. The largest absolute Gasteiger partial charge is 0.357 e. The Morgan fingerprint density at radius 2 is 2.36 bits per heavy atom. The van der Waals surface area contributed by atoms with Crippen LogP contribution in [0.1, 0.15) is 39.5 Å². The Morgan fingerprint density at radius 1 is 1.50 bits per heavy atom. The van der Waals surface area contributed by atoms with Crippen molar-refractivity contribution < 1.29 is 0 Å². The van der Waals surface area contributed by atoms with Crippen LogP contribution in [-0.2, 0) is 0 Å². The number of rotatable bonds is 2. The molecule has 1 N–H and O–H groups in total. The maximum atomic E-state index is 4.17. The van der Waals surface area contributed by atoms with Gasteiger partial charge in [0.2, 0.25) is 5.13 Å². The number of hydrogen-bond donors (Lipinski definition) is 1. The van der Waals surface area contributed by atoms with Crippen molar-refractivity contribution in [3.63, 3.8) is 0 Å². The van der Waals surface area contributed by atoms with Gasteiger partial charge < -0.3 is 5.32 Å². The van der Waals surface area contributed by atoms with Gasteiger partial charge in [0, 0.05) is 17.6 Å². The standard InChI is InChI=1S/C10H17N3S/c1-10(2)6-4-3-5-8(10)13-9-11-7-12-14-9/h7-8H,3-6H2,1-2H3,(H,11,12,13). The number of nitrogens with one attached hydrogen (secondary N) is 1. The van der Waals surface area contributed by atoms with Crippen LogP contribution in [0.2, 0.25) is 0 Å². The monoisotopic (exact) mass is 211 g/mol. The molecule has 0 saturated heterocycles. The van der Waals surface area contributed by atoms with Crippen molar-refractivity contribution in [2.24, 2.45) is 5.41 Å². The first kappa shape index (κ1) is 9.90. The van der Waals surface area contributed by atoms with Crippen molar-refractivity contribution in [2.45, 2.75) is 45.6 Å². The quantitative estimate of drug-likeness (QED) is 0.817. The van der Waals surface area contributed by atoms with E-state index in [1.165, 1.54) is 37.2 Å². The highest BCUT2D eigenvalue weighted by atomic mass is 32.1. The highest BCUT2D eigenvalue weighted by Crippen LogP contribution is 2.37. The van der Waals surface area contributed by atoms with Crippen LogP contribution < -0.4 is 5.32 Å². The molecule has 3 nitrogen and oxygen atoms in total. The molecule has 0 aromatic carbocycles. The molecule has 1 saturated carbocycles. The van der Waals surface area contributed by atoms with Crippen LogP contribution in [0.4, 0.5) is 5.13 Å². The first-order valence-electron chi connectivity index (χ1n) is 5.22. The second kappa shape index (κ2) is 3.85. The molecule has 1 heterocycles. The van der Waals surface area contributed by atoms with Crippen molar-refractivity contribution in [1.29, 1.82) is 0 Å². The molecule has 1 fully saturated rings. The zero-order chi connectivity index (χ0) is 10.0. The summed E-state index contributed by atoms with van der Waals surface area (Å²) in [6.07, 6.45) is 6.88. The van der Waals surface area contributed by atoms with Gasteiger partial charge in [0.1, 0.15) is 6.33 Å². The summed E-state index contributed by atoms with van der Waals surface area (Å²) in [6.45, 7) is 4.68. The molecule has 1 unspecified atom stereocenters. The smallest absolute Gasteiger partial charge is 0.202 e. The number of nitrogens with zero attached hydrogens (tertiary/aromatic N) is 2. The van der Waals surface area contributed by atoms with Crippen molar-refractivity contribution in [2.75, 3.05) is 5.32 Å². The van der Waals surface area contributed by atoms with Crippen LogP contribution in [0.5, 0.6) is 0 Å². The number of aromatic nitrogens is 2. The maximum Gasteiger partial charge on any atom is 0.202 e. The lowest BCUT2D eigenvalue weighted by atomic mass is 9.73. The van der Waals surface area contributed by atoms with Crippen molar-refractivity contribution in [3.05, 3.63) is 6.33 Å². The van der Waals surface area contributed by atoms with E-state index in [1.807, 2.05) is 0 Å². The van der Waals surface area contributed by atoms with Crippen LogP contribution >= 0.6 is 11.5 Å². The summed E-state index contributed by atoms with van der Waals surface area (Å²) in [5, 5.41) is 4.46. The Hall–Kier alpha value is -0.640. The molecule has 1 aliphatic carbocycles. The van der Waals surface area contributed by atoms with Gasteiger partial charge in [-0.15, -0.1) is 0 Å². The van der Waals surface area contributed by atoms with Gasteiger partial charge in [-0.2, -0.15) is 4.37 Å². The summed E-state index contributed by atoms with van der Waals surface area (Å²) in [4.78, 5) is 4.17. The van der Waals surface area contributed by atoms with Crippen LogP contribution in [-0.4, -0.2) is 15.4 Å². The van der Waals surface area contributed by atoms with Crippen LogP contribution in [0.3, 0.4) is 0 Å². The van der Waals surface area contributed by atoms with Gasteiger partial charge in [0.25, 0.3) is 0 Å². The lowest BCUT2D eigenvalue weighted by molar-refractivity contribution is 0.217.